The molecule has 1 amide bonds. The number of amides is 1. The Morgan fingerprint density at radius 3 is 2.71 bits per heavy atom. The van der Waals surface area contributed by atoms with E-state index in [9.17, 15) is 14.9 Å². The Morgan fingerprint density at radius 1 is 1.53 bits per heavy atom. The Morgan fingerprint density at radius 2 is 2.18 bits per heavy atom. The Bertz CT molecular complexity index is 500. The van der Waals surface area contributed by atoms with Gasteiger partial charge in [0.15, 0.2) is 0 Å². The minimum absolute atomic E-state index is 0.112. The lowest BCUT2D eigenvalue weighted by molar-refractivity contribution is -0.383. The smallest absolute Gasteiger partial charge is 0.294 e. The van der Waals surface area contributed by atoms with Gasteiger partial charge in [-0.25, -0.2) is 0 Å². The molecule has 1 saturated carbocycles. The van der Waals surface area contributed by atoms with Crippen molar-refractivity contribution < 1.29 is 9.72 Å². The van der Waals surface area contributed by atoms with Crippen LogP contribution in [0.1, 0.15) is 12.8 Å². The van der Waals surface area contributed by atoms with Gasteiger partial charge in [0.2, 0.25) is 5.91 Å². The standard InChI is InChI=1S/C10H10ClN3O3/c11-6-1-2-7(8(5-6)14(16)17)13-9(15)10(12)3-4-10/h1-2,5H,3-4,12H2,(H,13,15). The summed E-state index contributed by atoms with van der Waals surface area (Å²) in [5.74, 6) is -0.400. The summed E-state index contributed by atoms with van der Waals surface area (Å²) in [6.07, 6.45) is 1.19. The van der Waals surface area contributed by atoms with E-state index < -0.39 is 16.4 Å². The molecule has 0 aromatic heterocycles. The third-order valence-electron chi connectivity index (χ3n) is 2.65. The molecular formula is C10H10ClN3O3. The van der Waals surface area contributed by atoms with Crippen LogP contribution < -0.4 is 11.1 Å². The highest BCUT2D eigenvalue weighted by molar-refractivity contribution is 6.31. The van der Waals surface area contributed by atoms with Crippen molar-refractivity contribution in [2.45, 2.75) is 18.4 Å². The highest BCUT2D eigenvalue weighted by Gasteiger charge is 2.46. The van der Waals surface area contributed by atoms with E-state index >= 15 is 0 Å². The number of carbonyl (C=O) groups excluding carboxylic acids is 1. The number of nitrogens with two attached hydrogens (primary N) is 1. The average Bonchev–Trinajstić information content (AvgIpc) is 3.00. The second kappa shape index (κ2) is 3.97. The van der Waals surface area contributed by atoms with E-state index in [1.807, 2.05) is 0 Å². The fourth-order valence-corrected chi connectivity index (χ4v) is 1.54. The number of halogens is 1. The molecule has 3 N–H and O–H groups in total. The summed E-state index contributed by atoms with van der Waals surface area (Å²) in [6.45, 7) is 0. The summed E-state index contributed by atoms with van der Waals surface area (Å²) in [4.78, 5) is 21.9. The minimum atomic E-state index is -0.868. The lowest BCUT2D eigenvalue weighted by Gasteiger charge is -2.10. The first kappa shape index (κ1) is 11.8. The van der Waals surface area contributed by atoms with Crippen LogP contribution in [-0.4, -0.2) is 16.4 Å². The number of carbonyl (C=O) groups is 1. The van der Waals surface area contributed by atoms with Gasteiger partial charge < -0.3 is 11.1 Å². The van der Waals surface area contributed by atoms with Crippen molar-refractivity contribution in [3.8, 4) is 0 Å². The molecule has 0 atom stereocenters. The van der Waals surface area contributed by atoms with Crippen molar-refractivity contribution >= 4 is 28.9 Å². The van der Waals surface area contributed by atoms with Gasteiger partial charge in [0, 0.05) is 11.1 Å². The molecule has 6 nitrogen and oxygen atoms in total. The summed E-state index contributed by atoms with van der Waals surface area (Å²) < 4.78 is 0. The summed E-state index contributed by atoms with van der Waals surface area (Å²) in [6, 6.07) is 4.05. The maximum atomic E-state index is 11.7. The fraction of sp³-hybridized carbons (Fsp3) is 0.300. The number of hydrogen-bond donors (Lipinski definition) is 2. The number of nitro benzene ring substituents is 1. The summed E-state index contributed by atoms with van der Waals surface area (Å²) in [5, 5.41) is 13.5. The summed E-state index contributed by atoms with van der Waals surface area (Å²) in [5.41, 5.74) is 4.69. The molecule has 1 aromatic carbocycles. The number of nitrogens with one attached hydrogen (secondary N) is 1. The zero-order chi connectivity index (χ0) is 12.6. The molecule has 2 rings (SSSR count). The predicted molar refractivity (Wildman–Crippen MR) is 62.9 cm³/mol. The van der Waals surface area contributed by atoms with Gasteiger partial charge in [0.1, 0.15) is 5.69 Å². The van der Waals surface area contributed by atoms with Crippen LogP contribution >= 0.6 is 11.6 Å². The topological polar surface area (TPSA) is 98.3 Å². The molecule has 0 unspecified atom stereocenters. The van der Waals surface area contributed by atoms with Crippen LogP contribution in [0.3, 0.4) is 0 Å². The first-order chi connectivity index (χ1) is 7.92. The van der Waals surface area contributed by atoms with E-state index in [0.29, 0.717) is 12.8 Å². The van der Waals surface area contributed by atoms with Crippen LogP contribution in [0.2, 0.25) is 5.02 Å². The number of nitro groups is 1. The largest absolute Gasteiger partial charge is 0.319 e. The van der Waals surface area contributed by atoms with Crippen molar-refractivity contribution in [1.82, 2.24) is 0 Å². The van der Waals surface area contributed by atoms with Crippen molar-refractivity contribution in [2.24, 2.45) is 5.73 Å². The average molecular weight is 256 g/mol. The van der Waals surface area contributed by atoms with Crippen molar-refractivity contribution in [3.05, 3.63) is 33.3 Å². The molecule has 7 heteroatoms. The SMILES string of the molecule is NC1(C(=O)Nc2ccc(Cl)cc2[N+](=O)[O-])CC1. The maximum absolute atomic E-state index is 11.7. The Hall–Kier alpha value is -1.66. The van der Waals surface area contributed by atoms with Gasteiger partial charge in [-0.15, -0.1) is 0 Å². The minimum Gasteiger partial charge on any atom is -0.319 e. The number of nitrogens with zero attached hydrogens (tertiary/aromatic N) is 1. The molecule has 0 aliphatic heterocycles. The first-order valence-corrected chi connectivity index (χ1v) is 5.34. The number of rotatable bonds is 3. The first-order valence-electron chi connectivity index (χ1n) is 4.97. The molecule has 0 heterocycles. The predicted octanol–water partition coefficient (Wildman–Crippen LogP) is 1.68. The second-order valence-corrected chi connectivity index (χ2v) is 4.47. The second-order valence-electron chi connectivity index (χ2n) is 4.03. The van der Waals surface area contributed by atoms with Gasteiger partial charge in [-0.1, -0.05) is 11.6 Å². The van der Waals surface area contributed by atoms with Crippen LogP contribution in [0, 0.1) is 10.1 Å². The molecule has 1 aromatic rings. The highest BCUT2D eigenvalue weighted by Crippen LogP contribution is 2.35. The lowest BCUT2D eigenvalue weighted by Crippen LogP contribution is -2.37. The molecule has 1 aliphatic rings. The molecule has 0 spiro atoms. The zero-order valence-corrected chi connectivity index (χ0v) is 9.53. The van der Waals surface area contributed by atoms with E-state index in [0.717, 1.165) is 0 Å². The lowest BCUT2D eigenvalue weighted by atomic mass is 10.2. The molecule has 1 fully saturated rings. The fourth-order valence-electron chi connectivity index (χ4n) is 1.37. The van der Waals surface area contributed by atoms with E-state index in [2.05, 4.69) is 5.32 Å². The van der Waals surface area contributed by atoms with Gasteiger partial charge in [-0.05, 0) is 25.0 Å². The van der Waals surface area contributed by atoms with Gasteiger partial charge in [-0.2, -0.15) is 0 Å². The van der Waals surface area contributed by atoms with Crippen LogP contribution in [0.5, 0.6) is 0 Å². The van der Waals surface area contributed by atoms with Crippen molar-refractivity contribution in [1.29, 1.82) is 0 Å². The van der Waals surface area contributed by atoms with Crippen LogP contribution in [0.15, 0.2) is 18.2 Å². The molecule has 0 saturated heterocycles. The monoisotopic (exact) mass is 255 g/mol. The summed E-state index contributed by atoms with van der Waals surface area (Å²) in [7, 11) is 0. The van der Waals surface area contributed by atoms with Crippen molar-refractivity contribution in [3.63, 3.8) is 0 Å². The van der Waals surface area contributed by atoms with Crippen molar-refractivity contribution in [2.75, 3.05) is 5.32 Å². The van der Waals surface area contributed by atoms with E-state index in [1.54, 1.807) is 0 Å². The molecule has 0 bridgehead atoms. The van der Waals surface area contributed by atoms with Crippen LogP contribution in [-0.2, 0) is 4.79 Å². The quantitative estimate of drug-likeness (QED) is 0.634. The Balaban J connectivity index is 2.26. The Kier molecular flexibility index (Phi) is 2.76. The normalized spacial score (nSPS) is 16.4. The molecule has 0 radical (unpaired) electrons. The van der Waals surface area contributed by atoms with E-state index in [1.165, 1.54) is 18.2 Å². The van der Waals surface area contributed by atoms with Gasteiger partial charge in [-0.3, -0.25) is 14.9 Å². The Labute approximate surface area is 102 Å². The highest BCUT2D eigenvalue weighted by atomic mass is 35.5. The van der Waals surface area contributed by atoms with Crippen LogP contribution in [0.4, 0.5) is 11.4 Å². The molecule has 90 valence electrons. The zero-order valence-electron chi connectivity index (χ0n) is 8.77. The van der Waals surface area contributed by atoms with Gasteiger partial charge in [0.25, 0.3) is 5.69 Å². The molecule has 1 aliphatic carbocycles. The van der Waals surface area contributed by atoms with E-state index in [4.69, 9.17) is 17.3 Å². The van der Waals surface area contributed by atoms with E-state index in [-0.39, 0.29) is 16.4 Å². The number of hydrogen-bond acceptors (Lipinski definition) is 4. The third kappa shape index (κ3) is 2.37. The summed E-state index contributed by atoms with van der Waals surface area (Å²) >= 11 is 5.66. The van der Waals surface area contributed by atoms with Crippen LogP contribution in [0.25, 0.3) is 0 Å². The third-order valence-corrected chi connectivity index (χ3v) is 2.88. The number of benzene rings is 1. The molecular weight excluding hydrogens is 246 g/mol. The molecule has 17 heavy (non-hydrogen) atoms. The number of anilines is 1. The van der Waals surface area contributed by atoms with Gasteiger partial charge in [0.05, 0.1) is 10.5 Å². The van der Waals surface area contributed by atoms with Gasteiger partial charge >= 0.3 is 0 Å². The maximum Gasteiger partial charge on any atom is 0.294 e.